The van der Waals surface area contributed by atoms with Crippen molar-refractivity contribution in [3.8, 4) is 11.4 Å². The van der Waals surface area contributed by atoms with Crippen molar-refractivity contribution in [2.75, 3.05) is 7.11 Å². The second kappa shape index (κ2) is 9.90. The van der Waals surface area contributed by atoms with Crippen LogP contribution in [0, 0.1) is 0 Å². The molecule has 0 amide bonds. The molecule has 0 fully saturated rings. The van der Waals surface area contributed by atoms with Crippen LogP contribution >= 0.6 is 11.8 Å². The number of pyridine rings is 1. The van der Waals surface area contributed by atoms with Crippen molar-refractivity contribution in [2.24, 2.45) is 0 Å². The molecule has 0 saturated carbocycles. The van der Waals surface area contributed by atoms with Crippen molar-refractivity contribution in [1.29, 1.82) is 0 Å². The molecule has 35 heavy (non-hydrogen) atoms. The van der Waals surface area contributed by atoms with Gasteiger partial charge < -0.3 is 9.72 Å². The maximum atomic E-state index is 12.6. The molecule has 0 bridgehead atoms. The number of hydrogen-bond donors (Lipinski definition) is 1. The molecule has 5 rings (SSSR count). The molecule has 0 radical (unpaired) electrons. The van der Waals surface area contributed by atoms with E-state index < -0.39 is 5.97 Å². The molecular formula is C25H20N6O3S. The van der Waals surface area contributed by atoms with Crippen LogP contribution in [0.4, 0.5) is 0 Å². The van der Waals surface area contributed by atoms with Gasteiger partial charge in [0.15, 0.2) is 11.0 Å². The molecule has 10 heteroatoms. The van der Waals surface area contributed by atoms with E-state index in [2.05, 4.69) is 25.1 Å². The number of benzene rings is 2. The fourth-order valence-corrected chi connectivity index (χ4v) is 4.46. The Hall–Kier alpha value is -4.31. The Balaban J connectivity index is 1.46. The zero-order valence-electron chi connectivity index (χ0n) is 18.7. The van der Waals surface area contributed by atoms with Crippen LogP contribution < -0.4 is 5.56 Å². The van der Waals surface area contributed by atoms with E-state index in [0.717, 1.165) is 17.0 Å². The van der Waals surface area contributed by atoms with Crippen LogP contribution in [0.2, 0.25) is 0 Å². The molecule has 0 aliphatic rings. The Morgan fingerprint density at radius 1 is 1.06 bits per heavy atom. The van der Waals surface area contributed by atoms with Crippen LogP contribution in [0.3, 0.4) is 0 Å². The number of aromatic nitrogens is 6. The van der Waals surface area contributed by atoms with Gasteiger partial charge >= 0.3 is 5.97 Å². The highest BCUT2D eigenvalue weighted by molar-refractivity contribution is 7.98. The second-order valence-corrected chi connectivity index (χ2v) is 8.58. The maximum absolute atomic E-state index is 12.6. The average molecular weight is 485 g/mol. The Bertz CT molecular complexity index is 1550. The van der Waals surface area contributed by atoms with Crippen LogP contribution in [-0.4, -0.2) is 42.8 Å². The molecule has 0 aliphatic carbocycles. The van der Waals surface area contributed by atoms with Gasteiger partial charge in [-0.05, 0) is 35.9 Å². The number of rotatable bonds is 7. The molecule has 9 nitrogen and oxygen atoms in total. The molecule has 0 saturated heterocycles. The molecule has 0 unspecified atom stereocenters. The summed E-state index contributed by atoms with van der Waals surface area (Å²) in [6, 6.07) is 18.5. The maximum Gasteiger partial charge on any atom is 0.337 e. The third kappa shape index (κ3) is 4.82. The summed E-state index contributed by atoms with van der Waals surface area (Å²) >= 11 is 1.42. The molecule has 1 N–H and O–H groups in total. The lowest BCUT2D eigenvalue weighted by Crippen LogP contribution is -2.12. The Kier molecular flexibility index (Phi) is 6.36. The smallest absolute Gasteiger partial charge is 0.337 e. The summed E-state index contributed by atoms with van der Waals surface area (Å²) in [5.74, 6) is 1.06. The molecular weight excluding hydrogens is 464 g/mol. The normalized spacial score (nSPS) is 11.0. The summed E-state index contributed by atoms with van der Waals surface area (Å²) in [6.45, 7) is 0.581. The third-order valence-electron chi connectivity index (χ3n) is 5.35. The first kappa shape index (κ1) is 22.5. The molecule has 0 atom stereocenters. The fourth-order valence-electron chi connectivity index (χ4n) is 3.65. The van der Waals surface area contributed by atoms with Gasteiger partial charge in [0, 0.05) is 18.0 Å². The number of H-pyrrole nitrogens is 1. The summed E-state index contributed by atoms with van der Waals surface area (Å²) in [7, 11) is 1.31. The van der Waals surface area contributed by atoms with Crippen LogP contribution in [0.1, 0.15) is 21.7 Å². The number of ether oxygens (including phenoxy) is 1. The van der Waals surface area contributed by atoms with Gasteiger partial charge in [-0.15, -0.1) is 10.2 Å². The molecule has 174 valence electrons. The van der Waals surface area contributed by atoms with Crippen LogP contribution in [0.25, 0.3) is 22.3 Å². The van der Waals surface area contributed by atoms with E-state index >= 15 is 0 Å². The van der Waals surface area contributed by atoms with E-state index in [9.17, 15) is 9.59 Å². The zero-order chi connectivity index (χ0) is 24.2. The van der Waals surface area contributed by atoms with Gasteiger partial charge in [-0.3, -0.25) is 14.3 Å². The minimum atomic E-state index is -0.484. The van der Waals surface area contributed by atoms with E-state index in [4.69, 9.17) is 4.74 Å². The summed E-state index contributed by atoms with van der Waals surface area (Å²) in [5, 5.41) is 9.92. The van der Waals surface area contributed by atoms with Gasteiger partial charge in [-0.1, -0.05) is 42.1 Å². The van der Waals surface area contributed by atoms with Crippen molar-refractivity contribution < 1.29 is 9.53 Å². The summed E-state index contributed by atoms with van der Waals surface area (Å²) in [5.41, 5.74) is 2.50. The number of nitrogens with one attached hydrogen (secondary N) is 1. The number of fused-ring (bicyclic) bond motifs is 1. The van der Waals surface area contributed by atoms with Gasteiger partial charge in [0.25, 0.3) is 5.56 Å². The van der Waals surface area contributed by atoms with E-state index in [1.54, 1.807) is 30.6 Å². The van der Waals surface area contributed by atoms with Gasteiger partial charge in [0.05, 0.1) is 35.9 Å². The van der Waals surface area contributed by atoms with E-state index in [0.29, 0.717) is 39.7 Å². The Morgan fingerprint density at radius 2 is 1.86 bits per heavy atom. The summed E-state index contributed by atoms with van der Waals surface area (Å²) in [6.07, 6.45) is 3.44. The van der Waals surface area contributed by atoms with Crippen molar-refractivity contribution in [1.82, 2.24) is 29.7 Å². The molecule has 2 aromatic carbocycles. The fraction of sp³-hybridized carbons (Fsp3) is 0.120. The second-order valence-electron chi connectivity index (χ2n) is 7.64. The minimum Gasteiger partial charge on any atom is -0.465 e. The SMILES string of the molecule is COC(=O)c1ccc2c(=O)[nH]c(CSc3nnc(-c4ccncc4)n3Cc3ccccc3)nc2c1. The predicted molar refractivity (Wildman–Crippen MR) is 132 cm³/mol. The number of hydrogen-bond acceptors (Lipinski definition) is 8. The molecule has 5 aromatic rings. The van der Waals surface area contributed by atoms with Gasteiger partial charge in [0.1, 0.15) is 5.82 Å². The highest BCUT2D eigenvalue weighted by Crippen LogP contribution is 2.26. The van der Waals surface area contributed by atoms with Crippen molar-refractivity contribution in [3.05, 3.63) is 100 Å². The number of carbonyl (C=O) groups is 1. The first-order chi connectivity index (χ1) is 17.1. The molecule has 0 spiro atoms. The van der Waals surface area contributed by atoms with Gasteiger partial charge in [-0.2, -0.15) is 0 Å². The lowest BCUT2D eigenvalue weighted by atomic mass is 10.1. The van der Waals surface area contributed by atoms with Crippen molar-refractivity contribution in [3.63, 3.8) is 0 Å². The summed E-state index contributed by atoms with van der Waals surface area (Å²) in [4.78, 5) is 35.9. The Morgan fingerprint density at radius 3 is 2.63 bits per heavy atom. The average Bonchev–Trinajstić information content (AvgIpc) is 3.30. The van der Waals surface area contributed by atoms with E-state index in [1.165, 1.54) is 18.9 Å². The topological polar surface area (TPSA) is 116 Å². The minimum absolute atomic E-state index is 0.273. The summed E-state index contributed by atoms with van der Waals surface area (Å²) < 4.78 is 6.80. The number of aromatic amines is 1. The number of methoxy groups -OCH3 is 1. The number of carbonyl (C=O) groups excluding carboxylic acids is 1. The van der Waals surface area contributed by atoms with Crippen LogP contribution in [0.15, 0.2) is 83.0 Å². The number of thioether (sulfide) groups is 1. The zero-order valence-corrected chi connectivity index (χ0v) is 19.5. The largest absolute Gasteiger partial charge is 0.465 e. The lowest BCUT2D eigenvalue weighted by Gasteiger charge is -2.10. The van der Waals surface area contributed by atoms with Crippen molar-refractivity contribution >= 4 is 28.6 Å². The van der Waals surface area contributed by atoms with Crippen molar-refractivity contribution in [2.45, 2.75) is 17.5 Å². The predicted octanol–water partition coefficient (Wildman–Crippen LogP) is 3.70. The highest BCUT2D eigenvalue weighted by Gasteiger charge is 2.16. The Labute approximate surface area is 204 Å². The van der Waals surface area contributed by atoms with Crippen LogP contribution in [-0.2, 0) is 17.0 Å². The van der Waals surface area contributed by atoms with E-state index in [1.807, 2.05) is 47.0 Å². The molecule has 0 aliphatic heterocycles. The number of esters is 1. The standard InChI is InChI=1S/C25H20N6O3S/c1-34-24(33)18-7-8-19-20(13-18)27-21(28-23(19)32)15-35-25-30-29-22(17-9-11-26-12-10-17)31(25)14-16-5-3-2-4-6-16/h2-13H,14-15H2,1H3,(H,27,28,32). The van der Waals surface area contributed by atoms with Gasteiger partial charge in [-0.25, -0.2) is 9.78 Å². The monoisotopic (exact) mass is 484 g/mol. The van der Waals surface area contributed by atoms with Crippen LogP contribution in [0.5, 0.6) is 0 Å². The highest BCUT2D eigenvalue weighted by atomic mass is 32.2. The molecule has 3 heterocycles. The third-order valence-corrected chi connectivity index (χ3v) is 6.33. The number of nitrogens with zero attached hydrogens (tertiary/aromatic N) is 5. The lowest BCUT2D eigenvalue weighted by molar-refractivity contribution is 0.0601. The van der Waals surface area contributed by atoms with E-state index in [-0.39, 0.29) is 5.56 Å². The first-order valence-electron chi connectivity index (χ1n) is 10.7. The molecule has 3 aromatic heterocycles. The quantitative estimate of drug-likeness (QED) is 0.275. The first-order valence-corrected chi connectivity index (χ1v) is 11.7. The van der Waals surface area contributed by atoms with Gasteiger partial charge in [0.2, 0.25) is 0 Å².